The number of fused-ring (bicyclic) bond motifs is 2. The van der Waals surface area contributed by atoms with Crippen molar-refractivity contribution in [2.24, 2.45) is 5.92 Å². The van der Waals surface area contributed by atoms with E-state index >= 15 is 4.39 Å². The number of ether oxygens (including phenoxy) is 1. The monoisotopic (exact) mass is 516 g/mol. The zero-order valence-electron chi connectivity index (χ0n) is 23.0. The molecule has 1 aliphatic heterocycles. The zero-order valence-corrected chi connectivity index (χ0v) is 23.0. The molecule has 0 radical (unpaired) electrons. The van der Waals surface area contributed by atoms with Crippen LogP contribution in [0.15, 0.2) is 42.5 Å². The lowest BCUT2D eigenvalue weighted by molar-refractivity contribution is 0.264. The Morgan fingerprint density at radius 2 is 1.84 bits per heavy atom. The Labute approximate surface area is 224 Å². The first-order valence-electron chi connectivity index (χ1n) is 13.5. The normalized spacial score (nSPS) is 18.0. The van der Waals surface area contributed by atoms with Crippen molar-refractivity contribution in [1.29, 1.82) is 0 Å². The van der Waals surface area contributed by atoms with Crippen molar-refractivity contribution in [3.05, 3.63) is 53.8 Å². The number of halogens is 1. The van der Waals surface area contributed by atoms with Crippen molar-refractivity contribution in [3.8, 4) is 22.9 Å². The predicted molar refractivity (Wildman–Crippen MR) is 153 cm³/mol. The van der Waals surface area contributed by atoms with E-state index in [1.165, 1.54) is 0 Å². The van der Waals surface area contributed by atoms with Crippen LogP contribution in [0.2, 0.25) is 0 Å². The van der Waals surface area contributed by atoms with Gasteiger partial charge in [0, 0.05) is 35.6 Å². The third-order valence-electron chi connectivity index (χ3n) is 7.62. The molecule has 6 nitrogen and oxygen atoms in total. The van der Waals surface area contributed by atoms with Gasteiger partial charge in [0.05, 0.1) is 6.61 Å². The molecule has 7 heteroatoms. The number of phenols is 1. The minimum absolute atomic E-state index is 0.0398. The summed E-state index contributed by atoms with van der Waals surface area (Å²) in [6.45, 7) is 8.49. The second kappa shape index (κ2) is 10.7. The Balaban J connectivity index is 1.71. The van der Waals surface area contributed by atoms with Gasteiger partial charge in [-0.2, -0.15) is 9.97 Å². The van der Waals surface area contributed by atoms with Gasteiger partial charge in [-0.1, -0.05) is 37.3 Å². The fourth-order valence-corrected chi connectivity index (χ4v) is 5.56. The van der Waals surface area contributed by atoms with E-state index in [0.717, 1.165) is 48.7 Å². The van der Waals surface area contributed by atoms with E-state index in [1.54, 1.807) is 6.07 Å². The average molecular weight is 517 g/mol. The standard InChI is InChI=1S/C31H37FN4O2/c1-19-11-12-21(3)36(18-19)30-24-17-20(2)26(27-23-10-7-6-9-22(23)13-14-25(27)37)28(32)29(24)33-31(34-30)38-16-8-15-35(4)5/h6-7,9-10,13-14,17,19,21,37H,8,11-12,15-16,18H2,1-5H3/t19-,21-/m0/s1. The van der Waals surface area contributed by atoms with Gasteiger partial charge in [0.2, 0.25) is 0 Å². The van der Waals surface area contributed by atoms with Crippen LogP contribution in [0.1, 0.15) is 38.7 Å². The smallest absolute Gasteiger partial charge is 0.319 e. The maximum absolute atomic E-state index is 16.6. The first kappa shape index (κ1) is 26.2. The van der Waals surface area contributed by atoms with Crippen LogP contribution in [0.25, 0.3) is 32.8 Å². The van der Waals surface area contributed by atoms with E-state index in [1.807, 2.05) is 57.4 Å². The molecule has 1 saturated heterocycles. The lowest BCUT2D eigenvalue weighted by atomic mass is 9.91. The van der Waals surface area contributed by atoms with Crippen molar-refractivity contribution in [3.63, 3.8) is 0 Å². The molecule has 2 heterocycles. The second-order valence-electron chi connectivity index (χ2n) is 11.0. The minimum Gasteiger partial charge on any atom is -0.507 e. The molecular weight excluding hydrogens is 479 g/mol. The molecule has 1 aromatic heterocycles. The number of rotatable bonds is 7. The highest BCUT2D eigenvalue weighted by Crippen LogP contribution is 2.43. The van der Waals surface area contributed by atoms with E-state index in [2.05, 4.69) is 28.6 Å². The average Bonchev–Trinajstić information content (AvgIpc) is 2.89. The van der Waals surface area contributed by atoms with Crippen LogP contribution in [0, 0.1) is 18.7 Å². The molecule has 0 saturated carbocycles. The number of aryl methyl sites for hydroxylation is 1. The first-order valence-corrected chi connectivity index (χ1v) is 13.5. The highest BCUT2D eigenvalue weighted by atomic mass is 19.1. The molecular formula is C31H37FN4O2. The molecule has 5 rings (SSSR count). The largest absolute Gasteiger partial charge is 0.507 e. The number of phenolic OH excluding ortho intramolecular Hbond substituents is 1. The molecule has 0 amide bonds. The lowest BCUT2D eigenvalue weighted by Crippen LogP contribution is -2.41. The number of aromatic nitrogens is 2. The van der Waals surface area contributed by atoms with E-state index < -0.39 is 5.82 Å². The van der Waals surface area contributed by atoms with Crippen LogP contribution >= 0.6 is 0 Å². The van der Waals surface area contributed by atoms with Crippen molar-refractivity contribution in [2.45, 2.75) is 46.1 Å². The summed E-state index contributed by atoms with van der Waals surface area (Å²) in [4.78, 5) is 13.8. The van der Waals surface area contributed by atoms with Gasteiger partial charge in [-0.25, -0.2) is 4.39 Å². The van der Waals surface area contributed by atoms with Crippen LogP contribution < -0.4 is 9.64 Å². The summed E-state index contributed by atoms with van der Waals surface area (Å²) >= 11 is 0. The Morgan fingerprint density at radius 3 is 2.63 bits per heavy atom. The number of aromatic hydroxyl groups is 1. The number of hydrogen-bond donors (Lipinski definition) is 1. The van der Waals surface area contributed by atoms with E-state index in [0.29, 0.717) is 34.9 Å². The quantitative estimate of drug-likeness (QED) is 0.281. The Hall–Kier alpha value is -3.45. The lowest BCUT2D eigenvalue weighted by Gasteiger charge is -2.38. The number of nitrogens with zero attached hydrogens (tertiary/aromatic N) is 4. The highest BCUT2D eigenvalue weighted by molar-refractivity contribution is 6.03. The topological polar surface area (TPSA) is 61.7 Å². The van der Waals surface area contributed by atoms with Crippen LogP contribution in [-0.2, 0) is 0 Å². The molecule has 0 bridgehead atoms. The van der Waals surface area contributed by atoms with Crippen LogP contribution in [0.4, 0.5) is 10.2 Å². The summed E-state index contributed by atoms with van der Waals surface area (Å²) in [5, 5.41) is 13.3. The third-order valence-corrected chi connectivity index (χ3v) is 7.62. The van der Waals surface area contributed by atoms with E-state index in [-0.39, 0.29) is 23.3 Å². The molecule has 1 aliphatic rings. The summed E-state index contributed by atoms with van der Waals surface area (Å²) in [5.41, 5.74) is 1.78. The van der Waals surface area contributed by atoms with Gasteiger partial charge < -0.3 is 19.6 Å². The first-order chi connectivity index (χ1) is 18.2. The molecule has 0 unspecified atom stereocenters. The van der Waals surface area contributed by atoms with Crippen molar-refractivity contribution >= 4 is 27.5 Å². The van der Waals surface area contributed by atoms with Gasteiger partial charge in [0.1, 0.15) is 17.1 Å². The van der Waals surface area contributed by atoms with Gasteiger partial charge in [0.15, 0.2) is 5.82 Å². The number of hydrogen-bond acceptors (Lipinski definition) is 6. The summed E-state index contributed by atoms with van der Waals surface area (Å²) < 4.78 is 22.6. The van der Waals surface area contributed by atoms with Crippen molar-refractivity contribution in [2.75, 3.05) is 38.7 Å². The molecule has 1 N–H and O–H groups in total. The summed E-state index contributed by atoms with van der Waals surface area (Å²) in [6, 6.07) is 13.6. The molecule has 38 heavy (non-hydrogen) atoms. The molecule has 200 valence electrons. The van der Waals surface area contributed by atoms with Gasteiger partial charge in [-0.15, -0.1) is 0 Å². The van der Waals surface area contributed by atoms with Crippen LogP contribution in [0.3, 0.4) is 0 Å². The van der Waals surface area contributed by atoms with Crippen molar-refractivity contribution in [1.82, 2.24) is 14.9 Å². The molecule has 3 aromatic carbocycles. The predicted octanol–water partition coefficient (Wildman–Crippen LogP) is 6.56. The van der Waals surface area contributed by atoms with Gasteiger partial charge in [-0.05, 0) is 81.6 Å². The Kier molecular flexibility index (Phi) is 7.39. The maximum Gasteiger partial charge on any atom is 0.319 e. The van der Waals surface area contributed by atoms with E-state index in [4.69, 9.17) is 9.72 Å². The maximum atomic E-state index is 16.6. The van der Waals surface area contributed by atoms with Crippen molar-refractivity contribution < 1.29 is 14.2 Å². The fourth-order valence-electron chi connectivity index (χ4n) is 5.56. The third kappa shape index (κ3) is 4.99. The number of benzene rings is 3. The zero-order chi connectivity index (χ0) is 27.0. The summed E-state index contributed by atoms with van der Waals surface area (Å²) in [5.74, 6) is 0.801. The Morgan fingerprint density at radius 1 is 1.05 bits per heavy atom. The summed E-state index contributed by atoms with van der Waals surface area (Å²) in [7, 11) is 4.04. The summed E-state index contributed by atoms with van der Waals surface area (Å²) in [6.07, 6.45) is 3.02. The molecule has 0 spiro atoms. The Bertz CT molecular complexity index is 1470. The molecule has 1 fully saturated rings. The van der Waals surface area contributed by atoms with Crippen LogP contribution in [0.5, 0.6) is 11.8 Å². The number of anilines is 1. The highest BCUT2D eigenvalue weighted by Gasteiger charge is 2.29. The SMILES string of the molecule is Cc1cc2c(N3C[C@@H](C)CC[C@@H]3C)nc(OCCCN(C)C)nc2c(F)c1-c1c(O)ccc2ccccc12. The van der Waals surface area contributed by atoms with Gasteiger partial charge >= 0.3 is 6.01 Å². The minimum atomic E-state index is -0.467. The number of piperidine rings is 1. The fraction of sp³-hybridized carbons (Fsp3) is 0.419. The molecule has 0 aliphatic carbocycles. The van der Waals surface area contributed by atoms with Gasteiger partial charge in [0.25, 0.3) is 0 Å². The second-order valence-corrected chi connectivity index (χ2v) is 11.0. The van der Waals surface area contributed by atoms with E-state index in [9.17, 15) is 5.11 Å². The van der Waals surface area contributed by atoms with Gasteiger partial charge in [-0.3, -0.25) is 0 Å². The molecule has 2 atom stereocenters. The van der Waals surface area contributed by atoms with Crippen LogP contribution in [-0.4, -0.2) is 59.8 Å². The molecule has 4 aromatic rings.